The van der Waals surface area contributed by atoms with Crippen LogP contribution in [0, 0.1) is 0 Å². The number of amides is 1. The molecule has 0 aromatic heterocycles. The lowest BCUT2D eigenvalue weighted by Gasteiger charge is -2.08. The first-order valence-corrected chi connectivity index (χ1v) is 3.35. The highest BCUT2D eigenvalue weighted by Gasteiger charge is 2.34. The van der Waals surface area contributed by atoms with Crippen LogP contribution in [0.3, 0.4) is 0 Å². The molecule has 0 aliphatic heterocycles. The summed E-state index contributed by atoms with van der Waals surface area (Å²) in [5.74, 6) is -1.33. The SMILES string of the molecule is [NH]C(=O)c1ccccc1C(F)(F)F. The molecule has 0 aliphatic rings. The van der Waals surface area contributed by atoms with E-state index in [1.54, 1.807) is 0 Å². The topological polar surface area (TPSA) is 40.9 Å². The van der Waals surface area contributed by atoms with E-state index >= 15 is 0 Å². The van der Waals surface area contributed by atoms with Crippen LogP contribution >= 0.6 is 0 Å². The van der Waals surface area contributed by atoms with E-state index in [4.69, 9.17) is 5.73 Å². The zero-order chi connectivity index (χ0) is 10.1. The van der Waals surface area contributed by atoms with Crippen molar-refractivity contribution < 1.29 is 18.0 Å². The van der Waals surface area contributed by atoms with Crippen LogP contribution in [0.15, 0.2) is 24.3 Å². The average molecular weight is 188 g/mol. The normalized spacial score (nSPS) is 11.3. The third kappa shape index (κ3) is 1.99. The van der Waals surface area contributed by atoms with Crippen molar-refractivity contribution >= 4 is 5.91 Å². The number of hydrogen-bond acceptors (Lipinski definition) is 1. The molecule has 0 fully saturated rings. The zero-order valence-corrected chi connectivity index (χ0v) is 6.35. The van der Waals surface area contributed by atoms with E-state index in [0.29, 0.717) is 0 Å². The van der Waals surface area contributed by atoms with Gasteiger partial charge in [-0.3, -0.25) is 10.5 Å². The highest BCUT2D eigenvalue weighted by molar-refractivity contribution is 5.93. The van der Waals surface area contributed by atoms with Crippen molar-refractivity contribution in [3.8, 4) is 0 Å². The number of hydrogen-bond donors (Lipinski definition) is 0. The van der Waals surface area contributed by atoms with Gasteiger partial charge in [-0.25, -0.2) is 0 Å². The summed E-state index contributed by atoms with van der Waals surface area (Å²) in [6, 6.07) is 4.23. The van der Waals surface area contributed by atoms with Gasteiger partial charge >= 0.3 is 6.18 Å². The van der Waals surface area contributed by atoms with Crippen molar-refractivity contribution in [1.82, 2.24) is 5.73 Å². The summed E-state index contributed by atoms with van der Waals surface area (Å²) in [4.78, 5) is 10.5. The van der Waals surface area contributed by atoms with Crippen LogP contribution in [-0.2, 0) is 6.18 Å². The second-order valence-electron chi connectivity index (χ2n) is 2.37. The largest absolute Gasteiger partial charge is 0.417 e. The lowest BCUT2D eigenvalue weighted by molar-refractivity contribution is -0.137. The number of halogens is 3. The Bertz CT molecular complexity index is 332. The van der Waals surface area contributed by atoms with E-state index in [1.165, 1.54) is 12.1 Å². The van der Waals surface area contributed by atoms with E-state index < -0.39 is 23.2 Å². The van der Waals surface area contributed by atoms with Crippen LogP contribution in [-0.4, -0.2) is 5.91 Å². The highest BCUT2D eigenvalue weighted by atomic mass is 19.4. The van der Waals surface area contributed by atoms with Crippen LogP contribution in [0.5, 0.6) is 0 Å². The second kappa shape index (κ2) is 3.08. The lowest BCUT2D eigenvalue weighted by Crippen LogP contribution is -2.13. The number of rotatable bonds is 1. The molecule has 0 aliphatic carbocycles. The van der Waals surface area contributed by atoms with Gasteiger partial charge in [-0.1, -0.05) is 12.1 Å². The standard InChI is InChI=1S/C8H5F3NO/c9-8(10,11)6-4-2-1-3-5(6)7(12)13/h1-4,12H. The van der Waals surface area contributed by atoms with Crippen molar-refractivity contribution in [3.05, 3.63) is 35.4 Å². The van der Waals surface area contributed by atoms with E-state index in [9.17, 15) is 18.0 Å². The molecule has 13 heavy (non-hydrogen) atoms. The van der Waals surface area contributed by atoms with Crippen molar-refractivity contribution in [2.45, 2.75) is 6.18 Å². The Morgan fingerprint density at radius 1 is 1.23 bits per heavy atom. The molecule has 0 saturated heterocycles. The molecule has 1 rings (SSSR count). The Balaban J connectivity index is 3.28. The molecule has 1 amide bonds. The first-order chi connectivity index (χ1) is 5.93. The summed E-state index contributed by atoms with van der Waals surface area (Å²) in [6.45, 7) is 0. The molecule has 0 atom stereocenters. The number of benzene rings is 1. The minimum atomic E-state index is -4.58. The van der Waals surface area contributed by atoms with E-state index in [0.717, 1.165) is 12.1 Å². The first-order valence-electron chi connectivity index (χ1n) is 3.35. The fourth-order valence-electron chi connectivity index (χ4n) is 0.928. The summed E-state index contributed by atoms with van der Waals surface area (Å²) in [6.07, 6.45) is -4.58. The molecule has 1 N–H and O–H groups in total. The van der Waals surface area contributed by atoms with Crippen molar-refractivity contribution in [2.75, 3.05) is 0 Å². The fraction of sp³-hybridized carbons (Fsp3) is 0.125. The van der Waals surface area contributed by atoms with Gasteiger partial charge < -0.3 is 0 Å². The molecule has 69 valence electrons. The third-order valence-corrected chi connectivity index (χ3v) is 1.48. The van der Waals surface area contributed by atoms with Crippen LogP contribution < -0.4 is 5.73 Å². The maximum atomic E-state index is 12.2. The van der Waals surface area contributed by atoms with Crippen LogP contribution in [0.1, 0.15) is 15.9 Å². The molecule has 5 heteroatoms. The van der Waals surface area contributed by atoms with Crippen molar-refractivity contribution in [2.24, 2.45) is 0 Å². The quantitative estimate of drug-likeness (QED) is 0.665. The smallest absolute Gasteiger partial charge is 0.267 e. The number of carbonyl (C=O) groups is 1. The Morgan fingerprint density at radius 2 is 1.77 bits per heavy atom. The molecule has 0 heterocycles. The van der Waals surface area contributed by atoms with Crippen LogP contribution in [0.25, 0.3) is 0 Å². The maximum Gasteiger partial charge on any atom is 0.417 e. The molecule has 0 bridgehead atoms. The van der Waals surface area contributed by atoms with Gasteiger partial charge in [-0.05, 0) is 12.1 Å². The lowest BCUT2D eigenvalue weighted by atomic mass is 10.1. The van der Waals surface area contributed by atoms with Crippen molar-refractivity contribution in [1.29, 1.82) is 0 Å². The molecule has 2 nitrogen and oxygen atoms in total. The van der Waals surface area contributed by atoms with Crippen LogP contribution in [0.4, 0.5) is 13.2 Å². The Labute approximate surface area is 72.2 Å². The number of carbonyl (C=O) groups excluding carboxylic acids is 1. The molecular weight excluding hydrogens is 183 g/mol. The molecule has 1 aromatic carbocycles. The van der Waals surface area contributed by atoms with Gasteiger partial charge in [-0.2, -0.15) is 13.2 Å². The van der Waals surface area contributed by atoms with Gasteiger partial charge in [0.2, 0.25) is 0 Å². The average Bonchev–Trinajstić information content (AvgIpc) is 2.03. The molecule has 0 spiro atoms. The van der Waals surface area contributed by atoms with Gasteiger partial charge in [0.1, 0.15) is 0 Å². The van der Waals surface area contributed by atoms with Gasteiger partial charge in [0, 0.05) is 0 Å². The summed E-state index contributed by atoms with van der Waals surface area (Å²) >= 11 is 0. The van der Waals surface area contributed by atoms with Gasteiger partial charge in [0.25, 0.3) is 5.91 Å². The van der Waals surface area contributed by atoms with E-state index in [-0.39, 0.29) is 0 Å². The summed E-state index contributed by atoms with van der Waals surface area (Å²) in [5, 5.41) is 0. The molecular formula is C8H5F3NO. The molecule has 0 saturated carbocycles. The minimum absolute atomic E-state index is 0.616. The number of alkyl halides is 3. The first kappa shape index (κ1) is 9.57. The molecule has 1 aromatic rings. The van der Waals surface area contributed by atoms with Crippen LogP contribution in [0.2, 0.25) is 0 Å². The fourth-order valence-corrected chi connectivity index (χ4v) is 0.928. The summed E-state index contributed by atoms with van der Waals surface area (Å²) in [7, 11) is 0. The minimum Gasteiger partial charge on any atom is -0.267 e. The third-order valence-electron chi connectivity index (χ3n) is 1.48. The Hall–Kier alpha value is -1.52. The maximum absolute atomic E-state index is 12.2. The van der Waals surface area contributed by atoms with Gasteiger partial charge in [-0.15, -0.1) is 0 Å². The highest BCUT2D eigenvalue weighted by Crippen LogP contribution is 2.31. The van der Waals surface area contributed by atoms with E-state index in [1.807, 2.05) is 0 Å². The molecule has 1 radical (unpaired) electrons. The monoisotopic (exact) mass is 188 g/mol. The van der Waals surface area contributed by atoms with Gasteiger partial charge in [0.15, 0.2) is 0 Å². The van der Waals surface area contributed by atoms with E-state index in [2.05, 4.69) is 0 Å². The summed E-state index contributed by atoms with van der Waals surface area (Å²) in [5.41, 5.74) is 4.92. The Kier molecular flexibility index (Phi) is 2.27. The zero-order valence-electron chi connectivity index (χ0n) is 6.35. The predicted molar refractivity (Wildman–Crippen MR) is 38.9 cm³/mol. The van der Waals surface area contributed by atoms with Crippen molar-refractivity contribution in [3.63, 3.8) is 0 Å². The van der Waals surface area contributed by atoms with Gasteiger partial charge in [0.05, 0.1) is 11.1 Å². The second-order valence-corrected chi connectivity index (χ2v) is 2.37. The molecule has 0 unspecified atom stereocenters. The Morgan fingerprint density at radius 3 is 2.15 bits per heavy atom. The summed E-state index contributed by atoms with van der Waals surface area (Å²) < 4.78 is 36.5. The number of nitrogens with one attached hydrogen (secondary N) is 1. The predicted octanol–water partition coefficient (Wildman–Crippen LogP) is 2.13.